The molecule has 4 nitrogen and oxygen atoms in total. The summed E-state index contributed by atoms with van der Waals surface area (Å²) in [6.07, 6.45) is 1.61. The molecule has 4 heteroatoms. The van der Waals surface area contributed by atoms with Gasteiger partial charge in [0, 0.05) is 36.5 Å². The summed E-state index contributed by atoms with van der Waals surface area (Å²) in [7, 11) is 0. The molecule has 2 heterocycles. The number of phenolic OH excluding ortho intramolecular Hbond substituents is 1. The molecule has 0 aliphatic carbocycles. The number of aryl methyl sites for hydroxylation is 1. The van der Waals surface area contributed by atoms with E-state index in [1.165, 1.54) is 24.3 Å². The molecular formula is C59H55N3O. The van der Waals surface area contributed by atoms with Gasteiger partial charge in [-0.25, -0.2) is 4.98 Å². The fraction of sp³-hybridized carbons (Fsp3) is 0.186. The van der Waals surface area contributed by atoms with Gasteiger partial charge in [-0.05, 0) is 146 Å². The second-order valence-electron chi connectivity index (χ2n) is 16.3. The fourth-order valence-electron chi connectivity index (χ4n) is 8.41. The zero-order chi connectivity index (χ0) is 55.8. The molecule has 0 unspecified atom stereocenters. The lowest BCUT2D eigenvalue weighted by Crippen LogP contribution is -2.10. The molecule has 2 aromatic heterocycles. The highest BCUT2D eigenvalue weighted by molar-refractivity contribution is 5.98. The highest BCUT2D eigenvalue weighted by atomic mass is 16.3. The van der Waals surface area contributed by atoms with Crippen molar-refractivity contribution >= 4 is 11.0 Å². The van der Waals surface area contributed by atoms with Crippen molar-refractivity contribution in [3.63, 3.8) is 0 Å². The number of para-hydroxylation sites is 2. The number of benzene rings is 7. The first-order valence-electron chi connectivity index (χ1n) is 27.8. The topological polar surface area (TPSA) is 50.9 Å². The number of aromatic nitrogens is 3. The van der Waals surface area contributed by atoms with Crippen LogP contribution in [-0.2, 0) is 5.41 Å². The van der Waals surface area contributed by atoms with Gasteiger partial charge in [0.1, 0.15) is 11.6 Å². The van der Waals surface area contributed by atoms with Crippen LogP contribution < -0.4 is 0 Å². The first kappa shape index (κ1) is 27.8. The van der Waals surface area contributed by atoms with Gasteiger partial charge < -0.3 is 5.11 Å². The molecule has 9 rings (SSSR count). The van der Waals surface area contributed by atoms with Gasteiger partial charge in [-0.15, -0.1) is 0 Å². The standard InChI is InChI=1S/C59H55N3O/c1-37(2)48-19-14-20-49(38(3)4)56(48)43-26-29-53(39(5)32-43)62-54-22-15-21-50(57(54)61-58(62)51-18-12-13-23-55(51)63)45-33-44(40-16-10-9-11-17-40)34-46(35-45)52-36-42(30-31-60-52)41-24-27-47(28-25-41)59(6,7)8/h9-38,63H,1-8H3/i5D3,6D3,7D3,8D3,37D,38D. The van der Waals surface area contributed by atoms with E-state index < -0.39 is 44.6 Å². The van der Waals surface area contributed by atoms with Crippen LogP contribution in [-0.4, -0.2) is 19.6 Å². The van der Waals surface area contributed by atoms with Crippen LogP contribution in [0.5, 0.6) is 5.75 Å². The van der Waals surface area contributed by atoms with E-state index in [9.17, 15) is 5.11 Å². The quantitative estimate of drug-likeness (QED) is 0.158. The normalized spacial score (nSPS) is 16.3. The number of nitrogens with zero attached hydrogens (tertiary/aromatic N) is 3. The van der Waals surface area contributed by atoms with Crippen molar-refractivity contribution in [3.8, 4) is 78.6 Å². The SMILES string of the molecule is [2H]C([2H])([2H])c1cc(-c2c(C([2H])(C)C)cccc2C([2H])(C)C)ccc1-n1c(-c2ccccc2O)nc2c(-c3cc(-c4ccccc4)cc(-c4cc(-c5ccc(C(C([2H])([2H])[2H])(C([2H])([2H])[2H])C([2H])([2H])[2H])cc5)ccn4)c3)cccc21. The summed E-state index contributed by atoms with van der Waals surface area (Å²) in [4.78, 5) is 10.1. The highest BCUT2D eigenvalue weighted by Crippen LogP contribution is 2.42. The summed E-state index contributed by atoms with van der Waals surface area (Å²) in [6, 6.07) is 47.9. The Bertz CT molecular complexity index is 3610. The molecule has 0 aliphatic rings. The average Bonchev–Trinajstić information content (AvgIpc) is 3.84. The van der Waals surface area contributed by atoms with E-state index in [0.717, 1.165) is 16.7 Å². The lowest BCUT2D eigenvalue weighted by Gasteiger charge is -2.21. The molecule has 0 saturated carbocycles. The molecule has 9 aromatic rings. The zero-order valence-corrected chi connectivity index (χ0v) is 35.5. The molecule has 0 bridgehead atoms. The lowest BCUT2D eigenvalue weighted by molar-refractivity contribution is 0.477. The fourth-order valence-corrected chi connectivity index (χ4v) is 8.41. The van der Waals surface area contributed by atoms with Crippen LogP contribution in [0.4, 0.5) is 0 Å². The van der Waals surface area contributed by atoms with Gasteiger partial charge >= 0.3 is 0 Å². The van der Waals surface area contributed by atoms with Crippen molar-refractivity contribution < 1.29 is 24.3 Å². The van der Waals surface area contributed by atoms with E-state index in [1.807, 2.05) is 97.1 Å². The van der Waals surface area contributed by atoms with Crippen LogP contribution in [0.25, 0.3) is 83.9 Å². The monoisotopic (exact) mass is 836 g/mol. The van der Waals surface area contributed by atoms with Crippen molar-refractivity contribution in [1.29, 1.82) is 0 Å². The molecular weight excluding hydrogens is 767 g/mol. The van der Waals surface area contributed by atoms with Crippen molar-refractivity contribution in [2.45, 2.75) is 72.3 Å². The van der Waals surface area contributed by atoms with Gasteiger partial charge in [0.25, 0.3) is 0 Å². The van der Waals surface area contributed by atoms with Gasteiger partial charge in [0.2, 0.25) is 0 Å². The Balaban J connectivity index is 1.24. The van der Waals surface area contributed by atoms with Crippen LogP contribution in [0.1, 0.15) is 101 Å². The Morgan fingerprint density at radius 1 is 0.571 bits per heavy atom. The third kappa shape index (κ3) is 7.98. The summed E-state index contributed by atoms with van der Waals surface area (Å²) >= 11 is 0. The maximum absolute atomic E-state index is 11.5. The van der Waals surface area contributed by atoms with Crippen LogP contribution in [0, 0.1) is 6.85 Å². The van der Waals surface area contributed by atoms with E-state index in [-0.39, 0.29) is 28.4 Å². The minimum absolute atomic E-state index is 0.0113. The van der Waals surface area contributed by atoms with Gasteiger partial charge in [-0.3, -0.25) is 9.55 Å². The minimum Gasteiger partial charge on any atom is -0.507 e. The van der Waals surface area contributed by atoms with Crippen LogP contribution in [0.2, 0.25) is 0 Å². The van der Waals surface area contributed by atoms with Crippen molar-refractivity contribution in [3.05, 3.63) is 192 Å². The predicted octanol–water partition coefficient (Wildman–Crippen LogP) is 16.0. The number of fused-ring (bicyclic) bond motifs is 1. The molecule has 0 aliphatic heterocycles. The summed E-state index contributed by atoms with van der Waals surface area (Å²) in [5.41, 5.74) is 6.12. The molecule has 0 spiro atoms. The van der Waals surface area contributed by atoms with Crippen LogP contribution >= 0.6 is 0 Å². The smallest absolute Gasteiger partial charge is 0.149 e. The number of hydrogen-bond acceptors (Lipinski definition) is 3. The molecule has 0 fully saturated rings. The summed E-state index contributed by atoms with van der Waals surface area (Å²) in [6.45, 7) is -5.85. The Kier molecular flexibility index (Phi) is 7.36. The van der Waals surface area contributed by atoms with Crippen LogP contribution in [0.3, 0.4) is 0 Å². The highest BCUT2D eigenvalue weighted by Gasteiger charge is 2.23. The second-order valence-corrected chi connectivity index (χ2v) is 16.3. The van der Waals surface area contributed by atoms with E-state index in [2.05, 4.69) is 0 Å². The molecule has 0 amide bonds. The molecule has 0 radical (unpaired) electrons. The first-order chi connectivity index (χ1) is 35.9. The van der Waals surface area contributed by atoms with Gasteiger partial charge in [0.05, 0.1) is 28.0 Å². The molecule has 7 aromatic carbocycles. The molecule has 0 atom stereocenters. The molecule has 63 heavy (non-hydrogen) atoms. The third-order valence-corrected chi connectivity index (χ3v) is 11.6. The third-order valence-electron chi connectivity index (χ3n) is 11.6. The average molecular weight is 836 g/mol. The Labute approximate surface area is 392 Å². The van der Waals surface area contributed by atoms with E-state index in [1.54, 1.807) is 80.9 Å². The molecule has 0 saturated heterocycles. The Morgan fingerprint density at radius 3 is 1.94 bits per heavy atom. The lowest BCUT2D eigenvalue weighted by atomic mass is 9.84. The first-order valence-corrected chi connectivity index (χ1v) is 20.8. The Morgan fingerprint density at radius 2 is 1.22 bits per heavy atom. The number of aromatic hydroxyl groups is 1. The Hall–Kier alpha value is -7.04. The molecule has 312 valence electrons. The van der Waals surface area contributed by atoms with E-state index in [4.69, 9.17) is 29.2 Å². The number of rotatable bonds is 9. The van der Waals surface area contributed by atoms with Crippen molar-refractivity contribution in [2.75, 3.05) is 0 Å². The summed E-state index contributed by atoms with van der Waals surface area (Å²) in [5.74, 6) is -1.99. The van der Waals surface area contributed by atoms with Gasteiger partial charge in [0.15, 0.2) is 0 Å². The second kappa shape index (κ2) is 16.7. The van der Waals surface area contributed by atoms with Gasteiger partial charge in [-0.2, -0.15) is 0 Å². The number of imidazole rings is 1. The predicted molar refractivity (Wildman–Crippen MR) is 265 cm³/mol. The van der Waals surface area contributed by atoms with Crippen LogP contribution in [0.15, 0.2) is 170 Å². The number of pyridine rings is 1. The summed E-state index contributed by atoms with van der Waals surface area (Å²) < 4.78 is 121. The van der Waals surface area contributed by atoms with Gasteiger partial charge in [-0.1, -0.05) is 151 Å². The zero-order valence-electron chi connectivity index (χ0n) is 49.5. The number of hydrogen-bond donors (Lipinski definition) is 1. The molecule has 1 N–H and O–H groups in total. The number of phenols is 1. The summed E-state index contributed by atoms with van der Waals surface area (Å²) in [5, 5.41) is 11.5. The van der Waals surface area contributed by atoms with E-state index >= 15 is 0 Å². The van der Waals surface area contributed by atoms with Crippen molar-refractivity contribution in [2.24, 2.45) is 0 Å². The minimum atomic E-state index is -3.41. The largest absolute Gasteiger partial charge is 0.507 e. The maximum atomic E-state index is 11.5. The van der Waals surface area contributed by atoms with E-state index in [0.29, 0.717) is 66.8 Å². The maximum Gasteiger partial charge on any atom is 0.149 e. The van der Waals surface area contributed by atoms with Crippen molar-refractivity contribution in [1.82, 2.24) is 14.5 Å².